The van der Waals surface area contributed by atoms with Gasteiger partial charge >= 0.3 is 0 Å². The molecule has 21 heavy (non-hydrogen) atoms. The zero-order valence-corrected chi connectivity index (χ0v) is 13.6. The summed E-state index contributed by atoms with van der Waals surface area (Å²) in [6.07, 6.45) is 6.31. The Kier molecular flexibility index (Phi) is 7.37. The zero-order chi connectivity index (χ0) is 15.7. The Bertz CT molecular complexity index is 439. The number of hydrogen-bond acceptors (Lipinski definition) is 3. The Morgan fingerprint density at radius 1 is 1.29 bits per heavy atom. The van der Waals surface area contributed by atoms with Gasteiger partial charge in [0.15, 0.2) is 0 Å². The minimum Gasteiger partial charge on any atom is -0.350 e. The SMILES string of the molecule is CCCC(CN)(CCC)C(=O)NCc1ncccc1CC. The van der Waals surface area contributed by atoms with Crippen LogP contribution in [0.25, 0.3) is 0 Å². The quantitative estimate of drug-likeness (QED) is 0.735. The molecule has 0 aliphatic rings. The van der Waals surface area contributed by atoms with Crippen molar-refractivity contribution in [2.24, 2.45) is 11.1 Å². The number of aryl methyl sites for hydroxylation is 1. The monoisotopic (exact) mass is 291 g/mol. The molecule has 0 unspecified atom stereocenters. The molecule has 0 saturated carbocycles. The molecule has 1 rings (SSSR count). The number of nitrogens with two attached hydrogens (primary N) is 1. The highest BCUT2D eigenvalue weighted by Crippen LogP contribution is 2.29. The lowest BCUT2D eigenvalue weighted by Crippen LogP contribution is -2.45. The van der Waals surface area contributed by atoms with Gasteiger partial charge in [0, 0.05) is 12.7 Å². The van der Waals surface area contributed by atoms with Gasteiger partial charge < -0.3 is 11.1 Å². The molecule has 0 fully saturated rings. The van der Waals surface area contributed by atoms with E-state index in [0.29, 0.717) is 13.1 Å². The number of aromatic nitrogens is 1. The fraction of sp³-hybridized carbons (Fsp3) is 0.647. The van der Waals surface area contributed by atoms with Crippen LogP contribution in [0, 0.1) is 5.41 Å². The van der Waals surface area contributed by atoms with Gasteiger partial charge in [-0.3, -0.25) is 9.78 Å². The molecule has 118 valence electrons. The maximum Gasteiger partial charge on any atom is 0.227 e. The second-order valence-corrected chi connectivity index (χ2v) is 5.63. The summed E-state index contributed by atoms with van der Waals surface area (Å²) in [6.45, 7) is 7.19. The van der Waals surface area contributed by atoms with Crippen molar-refractivity contribution in [1.29, 1.82) is 0 Å². The van der Waals surface area contributed by atoms with E-state index in [1.165, 1.54) is 5.56 Å². The average Bonchev–Trinajstić information content (AvgIpc) is 2.52. The maximum atomic E-state index is 12.6. The first-order chi connectivity index (χ1) is 10.1. The molecule has 1 aromatic rings. The molecular weight excluding hydrogens is 262 g/mol. The number of nitrogens with zero attached hydrogens (tertiary/aromatic N) is 1. The summed E-state index contributed by atoms with van der Waals surface area (Å²) < 4.78 is 0. The molecule has 0 bridgehead atoms. The van der Waals surface area contributed by atoms with Crippen LogP contribution in [0.5, 0.6) is 0 Å². The standard InChI is InChI=1S/C17H29N3O/c1-4-9-17(13-18,10-5-2)16(21)20-12-15-14(6-3)8-7-11-19-15/h7-8,11H,4-6,9-10,12-13,18H2,1-3H3,(H,20,21). The first-order valence-electron chi connectivity index (χ1n) is 8.04. The van der Waals surface area contributed by atoms with E-state index in [4.69, 9.17) is 5.73 Å². The summed E-state index contributed by atoms with van der Waals surface area (Å²) in [4.78, 5) is 17.0. The minimum absolute atomic E-state index is 0.0707. The normalized spacial score (nSPS) is 11.4. The molecule has 4 nitrogen and oxygen atoms in total. The van der Waals surface area contributed by atoms with Crippen LogP contribution >= 0.6 is 0 Å². The van der Waals surface area contributed by atoms with Gasteiger partial charge in [-0.2, -0.15) is 0 Å². The van der Waals surface area contributed by atoms with Gasteiger partial charge in [-0.1, -0.05) is 39.7 Å². The molecule has 1 aromatic heterocycles. The molecule has 4 heteroatoms. The van der Waals surface area contributed by atoms with E-state index < -0.39 is 5.41 Å². The minimum atomic E-state index is -0.426. The van der Waals surface area contributed by atoms with E-state index in [1.807, 2.05) is 6.07 Å². The molecule has 3 N–H and O–H groups in total. The maximum absolute atomic E-state index is 12.6. The van der Waals surface area contributed by atoms with Gasteiger partial charge in [-0.15, -0.1) is 0 Å². The Labute approximate surface area is 128 Å². The van der Waals surface area contributed by atoms with Gasteiger partial charge in [-0.25, -0.2) is 0 Å². The summed E-state index contributed by atoms with van der Waals surface area (Å²) in [5.74, 6) is 0.0707. The van der Waals surface area contributed by atoms with Gasteiger partial charge in [0.1, 0.15) is 0 Å². The number of amides is 1. The van der Waals surface area contributed by atoms with Crippen molar-refractivity contribution in [2.45, 2.75) is 59.4 Å². The van der Waals surface area contributed by atoms with E-state index in [1.54, 1.807) is 6.20 Å². The fourth-order valence-corrected chi connectivity index (χ4v) is 2.91. The van der Waals surface area contributed by atoms with Crippen LogP contribution in [-0.2, 0) is 17.8 Å². The van der Waals surface area contributed by atoms with Gasteiger partial charge in [-0.05, 0) is 30.9 Å². The van der Waals surface area contributed by atoms with Gasteiger partial charge in [0.25, 0.3) is 0 Å². The van der Waals surface area contributed by atoms with Crippen LogP contribution in [0.3, 0.4) is 0 Å². The van der Waals surface area contributed by atoms with Crippen LogP contribution < -0.4 is 11.1 Å². The van der Waals surface area contributed by atoms with Crippen LogP contribution in [-0.4, -0.2) is 17.4 Å². The molecular formula is C17H29N3O. The van der Waals surface area contributed by atoms with Crippen LogP contribution in [0.15, 0.2) is 18.3 Å². The number of hydrogen-bond donors (Lipinski definition) is 2. The number of carbonyl (C=O) groups excluding carboxylic acids is 1. The number of pyridine rings is 1. The van der Waals surface area contributed by atoms with E-state index in [0.717, 1.165) is 37.8 Å². The third kappa shape index (κ3) is 4.53. The molecule has 0 saturated heterocycles. The van der Waals surface area contributed by atoms with Crippen molar-refractivity contribution in [3.63, 3.8) is 0 Å². The lowest BCUT2D eigenvalue weighted by atomic mass is 9.78. The summed E-state index contributed by atoms with van der Waals surface area (Å²) in [5.41, 5.74) is 7.64. The van der Waals surface area contributed by atoms with E-state index in [9.17, 15) is 4.79 Å². The highest BCUT2D eigenvalue weighted by molar-refractivity contribution is 5.82. The van der Waals surface area contributed by atoms with Crippen molar-refractivity contribution in [3.05, 3.63) is 29.6 Å². The Morgan fingerprint density at radius 2 is 1.95 bits per heavy atom. The second kappa shape index (κ2) is 8.78. The molecule has 0 spiro atoms. The third-order valence-corrected chi connectivity index (χ3v) is 4.11. The summed E-state index contributed by atoms with van der Waals surface area (Å²) in [7, 11) is 0. The highest BCUT2D eigenvalue weighted by atomic mass is 16.2. The molecule has 0 aliphatic carbocycles. The topological polar surface area (TPSA) is 68.0 Å². The molecule has 0 radical (unpaired) electrons. The van der Waals surface area contributed by atoms with E-state index >= 15 is 0 Å². The third-order valence-electron chi connectivity index (χ3n) is 4.11. The van der Waals surface area contributed by atoms with Crippen LogP contribution in [0.4, 0.5) is 0 Å². The van der Waals surface area contributed by atoms with Crippen LogP contribution in [0.1, 0.15) is 57.7 Å². The lowest BCUT2D eigenvalue weighted by molar-refractivity contribution is -0.131. The van der Waals surface area contributed by atoms with Crippen molar-refractivity contribution in [3.8, 4) is 0 Å². The predicted octanol–water partition coefficient (Wildman–Crippen LogP) is 2.81. The smallest absolute Gasteiger partial charge is 0.227 e. The summed E-state index contributed by atoms with van der Waals surface area (Å²) in [5, 5.41) is 3.05. The first kappa shape index (κ1) is 17.6. The van der Waals surface area contributed by atoms with Crippen molar-refractivity contribution in [2.75, 3.05) is 6.54 Å². The Morgan fingerprint density at radius 3 is 2.48 bits per heavy atom. The summed E-state index contributed by atoms with van der Waals surface area (Å²) in [6, 6.07) is 3.99. The van der Waals surface area contributed by atoms with Crippen molar-refractivity contribution >= 4 is 5.91 Å². The van der Waals surface area contributed by atoms with Crippen LogP contribution in [0.2, 0.25) is 0 Å². The molecule has 0 aliphatic heterocycles. The molecule has 0 atom stereocenters. The predicted molar refractivity (Wildman–Crippen MR) is 86.8 cm³/mol. The number of rotatable bonds is 9. The van der Waals surface area contributed by atoms with E-state index in [2.05, 4.69) is 37.1 Å². The Balaban J connectivity index is 2.77. The average molecular weight is 291 g/mol. The number of nitrogens with one attached hydrogen (secondary N) is 1. The first-order valence-corrected chi connectivity index (χ1v) is 8.04. The van der Waals surface area contributed by atoms with Crippen molar-refractivity contribution < 1.29 is 4.79 Å². The van der Waals surface area contributed by atoms with Gasteiger partial charge in [0.2, 0.25) is 5.91 Å². The zero-order valence-electron chi connectivity index (χ0n) is 13.6. The van der Waals surface area contributed by atoms with Gasteiger partial charge in [0.05, 0.1) is 17.7 Å². The second-order valence-electron chi connectivity index (χ2n) is 5.63. The van der Waals surface area contributed by atoms with E-state index in [-0.39, 0.29) is 5.91 Å². The number of carbonyl (C=O) groups is 1. The lowest BCUT2D eigenvalue weighted by Gasteiger charge is -2.30. The largest absolute Gasteiger partial charge is 0.350 e. The van der Waals surface area contributed by atoms with Crippen molar-refractivity contribution in [1.82, 2.24) is 10.3 Å². The molecule has 1 heterocycles. The Hall–Kier alpha value is -1.42. The molecule has 0 aromatic carbocycles. The molecule has 1 amide bonds. The highest BCUT2D eigenvalue weighted by Gasteiger charge is 2.35. The summed E-state index contributed by atoms with van der Waals surface area (Å²) >= 11 is 0. The fourth-order valence-electron chi connectivity index (χ4n) is 2.91.